The van der Waals surface area contributed by atoms with Gasteiger partial charge in [0.25, 0.3) is 11.8 Å². The maximum Gasteiger partial charge on any atom is 0.253 e. The van der Waals surface area contributed by atoms with E-state index in [0.717, 1.165) is 36.6 Å². The Hall–Kier alpha value is -4.17. The van der Waals surface area contributed by atoms with E-state index >= 15 is 0 Å². The Bertz CT molecular complexity index is 1480. The SMILES string of the molecule is CCCN(CCC)C(=O)c1cc(C)cc(C(=O)N[C@H](CCNCC2=CC=CC(c3ccccn3)C2)Cc2cc(F)cc(F)c2)c1. The molecule has 3 aromatic rings. The van der Waals surface area contributed by atoms with Crippen LogP contribution in [0.25, 0.3) is 0 Å². The fraction of sp³-hybridized carbons (Fsp3) is 0.378. The zero-order chi connectivity index (χ0) is 32.2. The lowest BCUT2D eigenvalue weighted by Gasteiger charge is -2.23. The largest absolute Gasteiger partial charge is 0.349 e. The number of rotatable bonds is 15. The molecule has 1 heterocycles. The van der Waals surface area contributed by atoms with Crippen LogP contribution in [0.15, 0.2) is 84.6 Å². The van der Waals surface area contributed by atoms with Crippen LogP contribution in [0.2, 0.25) is 0 Å². The second-order valence-corrected chi connectivity index (χ2v) is 11.8. The summed E-state index contributed by atoms with van der Waals surface area (Å²) >= 11 is 0. The molecule has 45 heavy (non-hydrogen) atoms. The van der Waals surface area contributed by atoms with E-state index < -0.39 is 17.7 Å². The van der Waals surface area contributed by atoms with Crippen molar-refractivity contribution in [2.24, 2.45) is 0 Å². The molecule has 0 fully saturated rings. The highest BCUT2D eigenvalue weighted by Gasteiger charge is 2.20. The molecule has 8 heteroatoms. The maximum atomic E-state index is 14.0. The summed E-state index contributed by atoms with van der Waals surface area (Å²) < 4.78 is 28.0. The fourth-order valence-electron chi connectivity index (χ4n) is 5.78. The molecule has 2 aromatic carbocycles. The molecule has 0 aliphatic heterocycles. The Morgan fingerprint density at radius 3 is 2.42 bits per heavy atom. The highest BCUT2D eigenvalue weighted by atomic mass is 19.1. The number of amides is 2. The zero-order valence-electron chi connectivity index (χ0n) is 26.5. The number of nitrogens with one attached hydrogen (secondary N) is 2. The molecule has 2 N–H and O–H groups in total. The van der Waals surface area contributed by atoms with Crippen molar-refractivity contribution < 1.29 is 18.4 Å². The Morgan fingerprint density at radius 1 is 1.00 bits per heavy atom. The average molecular weight is 615 g/mol. The smallest absolute Gasteiger partial charge is 0.253 e. The number of allylic oxidation sites excluding steroid dienone is 3. The van der Waals surface area contributed by atoms with E-state index in [0.29, 0.717) is 49.3 Å². The minimum atomic E-state index is -0.654. The summed E-state index contributed by atoms with van der Waals surface area (Å²) in [5, 5.41) is 6.55. The van der Waals surface area contributed by atoms with Crippen LogP contribution in [0.3, 0.4) is 0 Å². The van der Waals surface area contributed by atoms with Crippen LogP contribution in [0.4, 0.5) is 8.78 Å². The Balaban J connectivity index is 1.43. The number of hydrogen-bond donors (Lipinski definition) is 2. The van der Waals surface area contributed by atoms with Gasteiger partial charge >= 0.3 is 0 Å². The lowest BCUT2D eigenvalue weighted by atomic mass is 9.91. The Labute approximate surface area is 265 Å². The van der Waals surface area contributed by atoms with E-state index in [9.17, 15) is 18.4 Å². The van der Waals surface area contributed by atoms with Crippen molar-refractivity contribution in [3.63, 3.8) is 0 Å². The van der Waals surface area contributed by atoms with Gasteiger partial charge < -0.3 is 15.5 Å². The molecular formula is C37H44F2N4O2. The van der Waals surface area contributed by atoms with E-state index in [2.05, 4.69) is 33.8 Å². The van der Waals surface area contributed by atoms with E-state index in [1.54, 1.807) is 18.3 Å². The van der Waals surface area contributed by atoms with Crippen molar-refractivity contribution in [1.29, 1.82) is 0 Å². The predicted octanol–water partition coefficient (Wildman–Crippen LogP) is 6.92. The first-order valence-electron chi connectivity index (χ1n) is 15.9. The van der Waals surface area contributed by atoms with Gasteiger partial charge in [0, 0.05) is 60.7 Å². The van der Waals surface area contributed by atoms with Crippen LogP contribution in [-0.4, -0.2) is 53.9 Å². The Kier molecular flexibility index (Phi) is 12.6. The number of nitrogens with zero attached hydrogens (tertiary/aromatic N) is 2. The Morgan fingerprint density at radius 2 is 1.73 bits per heavy atom. The topological polar surface area (TPSA) is 74.3 Å². The number of aryl methyl sites for hydroxylation is 1. The lowest BCUT2D eigenvalue weighted by Crippen LogP contribution is -2.39. The molecule has 0 saturated carbocycles. The molecule has 1 aliphatic rings. The van der Waals surface area contributed by atoms with Crippen molar-refractivity contribution >= 4 is 11.8 Å². The van der Waals surface area contributed by atoms with Crippen LogP contribution in [0.5, 0.6) is 0 Å². The third-order valence-electron chi connectivity index (χ3n) is 7.85. The van der Waals surface area contributed by atoms with Crippen LogP contribution < -0.4 is 10.6 Å². The minimum Gasteiger partial charge on any atom is -0.349 e. The van der Waals surface area contributed by atoms with Gasteiger partial charge in [-0.15, -0.1) is 0 Å². The van der Waals surface area contributed by atoms with E-state index in [-0.39, 0.29) is 24.2 Å². The molecule has 4 rings (SSSR count). The summed E-state index contributed by atoms with van der Waals surface area (Å²) in [7, 11) is 0. The number of aromatic nitrogens is 1. The number of halogens is 2. The standard InChI is InChI=1S/C37H44F2N4O2/c1-4-15-43(16-5-2)37(45)31-18-26(3)17-30(23-31)36(44)42-34(22-28-20-32(38)24-33(39)21-28)12-14-40-25-27-9-8-10-29(19-27)35-11-6-7-13-41-35/h6-11,13,17-18,20-21,23-24,29,34,40H,4-5,12,14-16,19,22,25H2,1-3H3,(H,42,44)/t29?,34-/m1/s1. The van der Waals surface area contributed by atoms with Crippen molar-refractivity contribution in [3.05, 3.63) is 124 Å². The van der Waals surface area contributed by atoms with Crippen LogP contribution >= 0.6 is 0 Å². The molecule has 1 unspecified atom stereocenters. The van der Waals surface area contributed by atoms with Gasteiger partial charge in [-0.2, -0.15) is 0 Å². The highest BCUT2D eigenvalue weighted by molar-refractivity contribution is 6.00. The van der Waals surface area contributed by atoms with Gasteiger partial charge in [0.15, 0.2) is 0 Å². The normalized spacial score (nSPS) is 15.0. The molecule has 238 valence electrons. The summed E-state index contributed by atoms with van der Waals surface area (Å²) in [5.41, 5.74) is 4.42. The molecule has 0 bridgehead atoms. The lowest BCUT2D eigenvalue weighted by molar-refractivity contribution is 0.0755. The molecule has 0 saturated heterocycles. The van der Waals surface area contributed by atoms with Crippen LogP contribution in [0, 0.1) is 18.6 Å². The van der Waals surface area contributed by atoms with Gasteiger partial charge in [-0.25, -0.2) is 8.78 Å². The number of carbonyl (C=O) groups excluding carboxylic acids is 2. The summed E-state index contributed by atoms with van der Waals surface area (Å²) in [6, 6.07) is 14.2. The molecule has 2 amide bonds. The van der Waals surface area contributed by atoms with Crippen molar-refractivity contribution in [1.82, 2.24) is 20.5 Å². The van der Waals surface area contributed by atoms with E-state index in [1.165, 1.54) is 17.7 Å². The van der Waals surface area contributed by atoms with Gasteiger partial charge in [-0.3, -0.25) is 14.6 Å². The molecular weight excluding hydrogens is 570 g/mol. The number of carbonyl (C=O) groups is 2. The molecule has 1 aliphatic carbocycles. The monoisotopic (exact) mass is 614 g/mol. The number of hydrogen-bond acceptors (Lipinski definition) is 4. The predicted molar refractivity (Wildman–Crippen MR) is 175 cm³/mol. The summed E-state index contributed by atoms with van der Waals surface area (Å²) in [4.78, 5) is 33.2. The van der Waals surface area contributed by atoms with Gasteiger partial charge in [-0.1, -0.05) is 43.7 Å². The van der Waals surface area contributed by atoms with Crippen molar-refractivity contribution in [2.45, 2.75) is 64.8 Å². The first-order valence-corrected chi connectivity index (χ1v) is 15.9. The third kappa shape index (κ3) is 10.2. The molecule has 0 spiro atoms. The number of benzene rings is 2. The summed E-state index contributed by atoms with van der Waals surface area (Å²) in [6.45, 7) is 8.49. The van der Waals surface area contributed by atoms with Crippen LogP contribution in [-0.2, 0) is 6.42 Å². The summed E-state index contributed by atoms with van der Waals surface area (Å²) in [5.74, 6) is -1.50. The van der Waals surface area contributed by atoms with Gasteiger partial charge in [0.05, 0.1) is 0 Å². The summed E-state index contributed by atoms with van der Waals surface area (Å²) in [6.07, 6.45) is 11.5. The van der Waals surface area contributed by atoms with Crippen molar-refractivity contribution in [3.8, 4) is 0 Å². The van der Waals surface area contributed by atoms with E-state index in [4.69, 9.17) is 0 Å². The second kappa shape index (κ2) is 16.8. The maximum absolute atomic E-state index is 14.0. The van der Waals surface area contributed by atoms with Crippen LogP contribution in [0.1, 0.15) is 83.0 Å². The first kappa shape index (κ1) is 33.7. The fourth-order valence-corrected chi connectivity index (χ4v) is 5.78. The van der Waals surface area contributed by atoms with Gasteiger partial charge in [-0.05, 0) is 99.2 Å². The van der Waals surface area contributed by atoms with Crippen molar-refractivity contribution in [2.75, 3.05) is 26.2 Å². The average Bonchev–Trinajstić information content (AvgIpc) is 3.02. The van der Waals surface area contributed by atoms with Gasteiger partial charge in [0.1, 0.15) is 11.6 Å². The molecule has 6 nitrogen and oxygen atoms in total. The molecule has 2 atom stereocenters. The number of pyridine rings is 1. The third-order valence-corrected chi connectivity index (χ3v) is 7.85. The highest BCUT2D eigenvalue weighted by Crippen LogP contribution is 2.26. The first-order chi connectivity index (χ1) is 21.7. The minimum absolute atomic E-state index is 0.0930. The quantitative estimate of drug-likeness (QED) is 0.182. The second-order valence-electron chi connectivity index (χ2n) is 11.8. The van der Waals surface area contributed by atoms with E-state index in [1.807, 2.05) is 49.9 Å². The van der Waals surface area contributed by atoms with Gasteiger partial charge in [0.2, 0.25) is 0 Å². The molecule has 1 aromatic heterocycles. The molecule has 0 radical (unpaired) electrons. The zero-order valence-corrected chi connectivity index (χ0v) is 26.5.